The van der Waals surface area contributed by atoms with Gasteiger partial charge in [-0.1, -0.05) is 24.3 Å². The van der Waals surface area contributed by atoms with E-state index in [1.165, 1.54) is 6.07 Å². The zero-order valence-electron chi connectivity index (χ0n) is 15.1. The summed E-state index contributed by atoms with van der Waals surface area (Å²) in [5, 5.41) is 2.98. The largest absolute Gasteiger partial charge is 0.491 e. The molecule has 29 heavy (non-hydrogen) atoms. The van der Waals surface area contributed by atoms with Crippen molar-refractivity contribution in [3.63, 3.8) is 0 Å². The minimum atomic E-state index is -4.55. The van der Waals surface area contributed by atoms with Crippen molar-refractivity contribution in [1.29, 1.82) is 0 Å². The maximum absolute atomic E-state index is 13.0. The Bertz CT molecular complexity index is 1020. The molecule has 0 aliphatic carbocycles. The average Bonchev–Trinajstić information content (AvgIpc) is 2.74. The Balaban J connectivity index is 1.82. The zero-order valence-corrected chi connectivity index (χ0v) is 15.1. The first-order valence-electron chi connectivity index (χ1n) is 8.90. The number of hydrogen-bond acceptors (Lipinski definition) is 4. The fourth-order valence-electron chi connectivity index (χ4n) is 3.40. The van der Waals surface area contributed by atoms with Crippen LogP contribution in [-0.2, 0) is 11.7 Å². The van der Waals surface area contributed by atoms with Crippen LogP contribution in [0.15, 0.2) is 67.0 Å². The van der Waals surface area contributed by atoms with Gasteiger partial charge in [-0.3, -0.25) is 14.8 Å². The van der Waals surface area contributed by atoms with E-state index in [0.717, 1.165) is 12.3 Å². The van der Waals surface area contributed by atoms with E-state index >= 15 is 0 Å². The molecule has 2 aromatic heterocycles. The van der Waals surface area contributed by atoms with Gasteiger partial charge in [-0.2, -0.15) is 13.2 Å². The van der Waals surface area contributed by atoms with Crippen LogP contribution in [-0.4, -0.2) is 22.5 Å². The Kier molecular flexibility index (Phi) is 4.70. The lowest BCUT2D eigenvalue weighted by Gasteiger charge is -2.38. The summed E-state index contributed by atoms with van der Waals surface area (Å²) in [4.78, 5) is 20.9. The number of aromatic nitrogens is 2. The molecule has 0 fully saturated rings. The van der Waals surface area contributed by atoms with Gasteiger partial charge in [0.15, 0.2) is 0 Å². The molecule has 0 saturated heterocycles. The highest BCUT2D eigenvalue weighted by Gasteiger charge is 2.43. The Hall–Kier alpha value is -3.42. The third-order valence-electron chi connectivity index (χ3n) is 4.82. The summed E-state index contributed by atoms with van der Waals surface area (Å²) in [6.07, 6.45) is -1.57. The molecule has 3 aromatic rings. The van der Waals surface area contributed by atoms with Gasteiger partial charge in [-0.25, -0.2) is 0 Å². The zero-order chi connectivity index (χ0) is 20.5. The molecular weight excluding hydrogens is 383 g/mol. The van der Waals surface area contributed by atoms with Gasteiger partial charge < -0.3 is 10.1 Å². The molecule has 1 aromatic carbocycles. The molecular formula is C21H16F3N3O2. The Morgan fingerprint density at radius 3 is 2.52 bits per heavy atom. The van der Waals surface area contributed by atoms with Crippen molar-refractivity contribution in [3.05, 3.63) is 89.5 Å². The monoisotopic (exact) mass is 399 g/mol. The summed E-state index contributed by atoms with van der Waals surface area (Å²) in [6.45, 7) is 0.259. The van der Waals surface area contributed by atoms with Crippen molar-refractivity contribution in [2.45, 2.75) is 18.1 Å². The summed E-state index contributed by atoms with van der Waals surface area (Å²) in [5.74, 6) is 0.0935. The molecule has 1 atom stereocenters. The molecule has 4 rings (SSSR count). The third kappa shape index (κ3) is 3.53. The quantitative estimate of drug-likeness (QED) is 0.724. The van der Waals surface area contributed by atoms with E-state index in [0.29, 0.717) is 29.0 Å². The number of rotatable bonds is 3. The van der Waals surface area contributed by atoms with Crippen LogP contribution in [0.25, 0.3) is 0 Å². The number of ether oxygens (including phenoxy) is 1. The maximum Gasteiger partial charge on any atom is 0.433 e. The lowest BCUT2D eigenvalue weighted by atomic mass is 9.81. The van der Waals surface area contributed by atoms with Crippen LogP contribution in [0.2, 0.25) is 0 Å². The van der Waals surface area contributed by atoms with Gasteiger partial charge in [0.2, 0.25) is 0 Å². The number of carbonyl (C=O) groups is 1. The highest BCUT2D eigenvalue weighted by atomic mass is 19.4. The fraction of sp³-hybridized carbons (Fsp3) is 0.190. The Labute approximate surface area is 164 Å². The first-order chi connectivity index (χ1) is 13.9. The number of amides is 1. The molecule has 8 heteroatoms. The van der Waals surface area contributed by atoms with Crippen molar-refractivity contribution in [1.82, 2.24) is 15.3 Å². The fourth-order valence-corrected chi connectivity index (χ4v) is 3.40. The highest BCUT2D eigenvalue weighted by Crippen LogP contribution is 2.41. The van der Waals surface area contributed by atoms with E-state index in [1.54, 1.807) is 48.7 Å². The average molecular weight is 399 g/mol. The van der Waals surface area contributed by atoms with Gasteiger partial charge in [-0.05, 0) is 30.3 Å². The predicted octanol–water partition coefficient (Wildman–Crippen LogP) is 3.95. The SMILES string of the molecule is O=C(NC1(c2ccc(C(F)(F)F)nc2)CCOc2cccnc21)c1ccccc1. The molecule has 3 heterocycles. The van der Waals surface area contributed by atoms with Gasteiger partial charge in [0.25, 0.3) is 5.91 Å². The predicted molar refractivity (Wildman–Crippen MR) is 98.3 cm³/mol. The molecule has 1 unspecified atom stereocenters. The molecule has 148 valence electrons. The molecule has 1 aliphatic rings. The number of halogens is 3. The number of nitrogens with zero attached hydrogens (tertiary/aromatic N) is 2. The summed E-state index contributed by atoms with van der Waals surface area (Å²) >= 11 is 0. The smallest absolute Gasteiger partial charge is 0.433 e. The lowest BCUT2D eigenvalue weighted by Crippen LogP contribution is -2.50. The minimum Gasteiger partial charge on any atom is -0.491 e. The number of carbonyl (C=O) groups excluding carboxylic acids is 1. The second kappa shape index (κ2) is 7.20. The first-order valence-corrected chi connectivity index (χ1v) is 8.90. The Morgan fingerprint density at radius 1 is 1.03 bits per heavy atom. The van der Waals surface area contributed by atoms with Crippen molar-refractivity contribution in [3.8, 4) is 5.75 Å². The second-order valence-corrected chi connectivity index (χ2v) is 6.60. The maximum atomic E-state index is 13.0. The van der Waals surface area contributed by atoms with Crippen molar-refractivity contribution < 1.29 is 22.7 Å². The van der Waals surface area contributed by atoms with Gasteiger partial charge in [0.1, 0.15) is 22.7 Å². The van der Waals surface area contributed by atoms with Gasteiger partial charge in [-0.15, -0.1) is 0 Å². The molecule has 0 spiro atoms. The minimum absolute atomic E-state index is 0.259. The Morgan fingerprint density at radius 2 is 1.83 bits per heavy atom. The number of fused-ring (bicyclic) bond motifs is 1. The van der Waals surface area contributed by atoms with Gasteiger partial charge in [0, 0.05) is 29.9 Å². The number of hydrogen-bond donors (Lipinski definition) is 1. The third-order valence-corrected chi connectivity index (χ3v) is 4.82. The van der Waals surface area contributed by atoms with Crippen LogP contribution >= 0.6 is 0 Å². The summed E-state index contributed by atoms with van der Waals surface area (Å²) in [5.41, 5.74) is -0.913. The van der Waals surface area contributed by atoms with Crippen LogP contribution in [0.3, 0.4) is 0 Å². The van der Waals surface area contributed by atoms with E-state index in [1.807, 2.05) is 0 Å². The van der Waals surface area contributed by atoms with Gasteiger partial charge in [0.05, 0.1) is 6.61 Å². The van der Waals surface area contributed by atoms with Crippen molar-refractivity contribution in [2.24, 2.45) is 0 Å². The van der Waals surface area contributed by atoms with Crippen LogP contribution in [0, 0.1) is 0 Å². The van der Waals surface area contributed by atoms with Crippen molar-refractivity contribution >= 4 is 5.91 Å². The summed E-state index contributed by atoms with van der Waals surface area (Å²) in [7, 11) is 0. The van der Waals surface area contributed by atoms with Crippen LogP contribution in [0.1, 0.15) is 33.7 Å². The lowest BCUT2D eigenvalue weighted by molar-refractivity contribution is -0.141. The van der Waals surface area contributed by atoms with E-state index in [4.69, 9.17) is 4.74 Å². The topological polar surface area (TPSA) is 64.1 Å². The van der Waals surface area contributed by atoms with Crippen molar-refractivity contribution in [2.75, 3.05) is 6.61 Å². The number of nitrogens with one attached hydrogen (secondary N) is 1. The molecule has 0 radical (unpaired) electrons. The van der Waals surface area contributed by atoms with E-state index < -0.39 is 17.4 Å². The molecule has 1 amide bonds. The molecule has 0 saturated carbocycles. The van der Waals surface area contributed by atoms with E-state index in [9.17, 15) is 18.0 Å². The van der Waals surface area contributed by atoms with Gasteiger partial charge >= 0.3 is 6.18 Å². The summed E-state index contributed by atoms with van der Waals surface area (Å²) in [6, 6.07) is 14.2. The number of alkyl halides is 3. The molecule has 1 aliphatic heterocycles. The molecule has 1 N–H and O–H groups in total. The summed E-state index contributed by atoms with van der Waals surface area (Å²) < 4.78 is 44.5. The van der Waals surface area contributed by atoms with Crippen LogP contribution in [0.4, 0.5) is 13.2 Å². The highest BCUT2D eigenvalue weighted by molar-refractivity contribution is 5.95. The normalized spacial score (nSPS) is 18.4. The van der Waals surface area contributed by atoms with E-state index in [2.05, 4.69) is 15.3 Å². The number of pyridine rings is 2. The number of benzene rings is 1. The van der Waals surface area contributed by atoms with E-state index in [-0.39, 0.29) is 12.5 Å². The van der Waals surface area contributed by atoms with Crippen LogP contribution < -0.4 is 10.1 Å². The van der Waals surface area contributed by atoms with Crippen LogP contribution in [0.5, 0.6) is 5.75 Å². The first kappa shape index (κ1) is 18.9. The molecule has 5 nitrogen and oxygen atoms in total. The molecule has 0 bridgehead atoms. The standard InChI is InChI=1S/C21H16F3N3O2/c22-21(23,24)17-9-8-15(13-26-17)20(27-19(28)14-5-2-1-3-6-14)10-12-29-16-7-4-11-25-18(16)20/h1-9,11,13H,10,12H2,(H,27,28). The second-order valence-electron chi connectivity index (χ2n) is 6.60.